The quantitative estimate of drug-likeness (QED) is 0.617. The van der Waals surface area contributed by atoms with Crippen molar-refractivity contribution in [1.82, 2.24) is 4.90 Å². The Kier molecular flexibility index (Phi) is 8.34. The lowest BCUT2D eigenvalue weighted by Gasteiger charge is -2.36. The second-order valence-corrected chi connectivity index (χ2v) is 7.47. The van der Waals surface area contributed by atoms with E-state index in [0.29, 0.717) is 30.4 Å². The molecule has 1 aliphatic heterocycles. The van der Waals surface area contributed by atoms with Crippen LogP contribution in [0.4, 0.5) is 10.1 Å². The number of halogens is 1. The fourth-order valence-corrected chi connectivity index (χ4v) is 3.72. The van der Waals surface area contributed by atoms with Crippen LogP contribution in [-0.2, 0) is 11.3 Å². The van der Waals surface area contributed by atoms with Crippen LogP contribution in [0.1, 0.15) is 5.56 Å². The van der Waals surface area contributed by atoms with Gasteiger partial charge in [0.15, 0.2) is 11.5 Å². The van der Waals surface area contributed by atoms with Gasteiger partial charge in [0.2, 0.25) is 5.75 Å². The maximum absolute atomic E-state index is 13.1. The molecule has 1 N–H and O–H groups in total. The fraction of sp³-hybridized carbons (Fsp3) is 0.478. The van der Waals surface area contributed by atoms with Crippen molar-refractivity contribution in [3.63, 3.8) is 0 Å². The van der Waals surface area contributed by atoms with Crippen LogP contribution < -0.4 is 19.1 Å². The first-order valence-electron chi connectivity index (χ1n) is 10.3. The van der Waals surface area contributed by atoms with E-state index in [2.05, 4.69) is 9.80 Å². The molecule has 0 amide bonds. The molecular formula is C23H31FN2O5. The van der Waals surface area contributed by atoms with E-state index < -0.39 is 6.10 Å². The Bertz CT molecular complexity index is 800. The Morgan fingerprint density at radius 3 is 2.10 bits per heavy atom. The maximum Gasteiger partial charge on any atom is 0.203 e. The van der Waals surface area contributed by atoms with E-state index in [9.17, 15) is 9.50 Å². The number of aliphatic hydroxyl groups excluding tert-OH is 1. The molecule has 3 rings (SSSR count). The molecule has 1 saturated heterocycles. The van der Waals surface area contributed by atoms with Gasteiger partial charge in [-0.3, -0.25) is 4.90 Å². The van der Waals surface area contributed by atoms with Crippen molar-refractivity contribution in [3.8, 4) is 17.2 Å². The summed E-state index contributed by atoms with van der Waals surface area (Å²) in [5.74, 6) is 1.45. The Labute approximate surface area is 182 Å². The van der Waals surface area contributed by atoms with Crippen LogP contribution in [0.15, 0.2) is 36.4 Å². The molecule has 0 aromatic heterocycles. The van der Waals surface area contributed by atoms with E-state index in [4.69, 9.17) is 18.9 Å². The van der Waals surface area contributed by atoms with Gasteiger partial charge in [-0.1, -0.05) is 0 Å². The number of ether oxygens (including phenoxy) is 4. The number of benzene rings is 2. The Morgan fingerprint density at radius 1 is 0.935 bits per heavy atom. The topological polar surface area (TPSA) is 63.6 Å². The molecule has 0 bridgehead atoms. The van der Waals surface area contributed by atoms with Gasteiger partial charge in [-0.2, -0.15) is 0 Å². The molecular weight excluding hydrogens is 403 g/mol. The lowest BCUT2D eigenvalue weighted by atomic mass is 10.2. The van der Waals surface area contributed by atoms with Gasteiger partial charge in [0.25, 0.3) is 0 Å². The SMILES string of the molecule is COc1cc(COCC(O)CN2CCN(c3ccc(F)cc3)CC2)cc(OC)c1OC. The molecule has 170 valence electrons. The van der Waals surface area contributed by atoms with Gasteiger partial charge in [-0.25, -0.2) is 4.39 Å². The van der Waals surface area contributed by atoms with Gasteiger partial charge >= 0.3 is 0 Å². The van der Waals surface area contributed by atoms with Gasteiger partial charge in [0, 0.05) is 38.4 Å². The summed E-state index contributed by atoms with van der Waals surface area (Å²) in [6, 6.07) is 10.2. The highest BCUT2D eigenvalue weighted by Crippen LogP contribution is 2.38. The first-order chi connectivity index (χ1) is 15.0. The van der Waals surface area contributed by atoms with Crippen molar-refractivity contribution in [2.24, 2.45) is 0 Å². The molecule has 2 aromatic rings. The number of β-amino-alcohol motifs (C(OH)–C–C–N with tert-alkyl or cyclic N) is 1. The van der Waals surface area contributed by atoms with E-state index in [-0.39, 0.29) is 12.4 Å². The molecule has 1 atom stereocenters. The first kappa shape index (κ1) is 23.1. The largest absolute Gasteiger partial charge is 0.493 e. The molecule has 0 spiro atoms. The molecule has 7 nitrogen and oxygen atoms in total. The van der Waals surface area contributed by atoms with Gasteiger partial charge in [-0.05, 0) is 42.0 Å². The highest BCUT2D eigenvalue weighted by molar-refractivity contribution is 5.53. The highest BCUT2D eigenvalue weighted by Gasteiger charge is 2.20. The lowest BCUT2D eigenvalue weighted by molar-refractivity contribution is 0.00905. The zero-order chi connectivity index (χ0) is 22.2. The highest BCUT2D eigenvalue weighted by atomic mass is 19.1. The van der Waals surface area contributed by atoms with E-state index in [1.165, 1.54) is 12.1 Å². The predicted octanol–water partition coefficient (Wildman–Crippen LogP) is 2.55. The number of rotatable bonds is 10. The molecule has 0 aliphatic carbocycles. The average molecular weight is 435 g/mol. The van der Waals surface area contributed by atoms with Gasteiger partial charge in [-0.15, -0.1) is 0 Å². The zero-order valence-corrected chi connectivity index (χ0v) is 18.3. The van der Waals surface area contributed by atoms with Crippen LogP contribution in [0.3, 0.4) is 0 Å². The summed E-state index contributed by atoms with van der Waals surface area (Å²) in [7, 11) is 4.70. The third-order valence-electron chi connectivity index (χ3n) is 5.34. The van der Waals surface area contributed by atoms with E-state index in [1.807, 2.05) is 12.1 Å². The molecule has 0 saturated carbocycles. The van der Waals surface area contributed by atoms with Crippen molar-refractivity contribution < 1.29 is 28.4 Å². The Hall–Kier alpha value is -2.55. The monoisotopic (exact) mass is 434 g/mol. The van der Waals surface area contributed by atoms with Gasteiger partial charge < -0.3 is 29.0 Å². The number of hydrogen-bond acceptors (Lipinski definition) is 7. The van der Waals surface area contributed by atoms with Crippen LogP contribution >= 0.6 is 0 Å². The number of hydrogen-bond donors (Lipinski definition) is 1. The normalized spacial score (nSPS) is 15.6. The van der Waals surface area contributed by atoms with Crippen LogP contribution in [0.2, 0.25) is 0 Å². The number of methoxy groups -OCH3 is 3. The van der Waals surface area contributed by atoms with Crippen molar-refractivity contribution in [1.29, 1.82) is 0 Å². The summed E-state index contributed by atoms with van der Waals surface area (Å²) in [4.78, 5) is 4.44. The second-order valence-electron chi connectivity index (χ2n) is 7.47. The van der Waals surface area contributed by atoms with Crippen LogP contribution in [0, 0.1) is 5.82 Å². The fourth-order valence-electron chi connectivity index (χ4n) is 3.72. The first-order valence-corrected chi connectivity index (χ1v) is 10.3. The minimum atomic E-state index is -0.584. The molecule has 1 aliphatic rings. The molecule has 1 heterocycles. The lowest BCUT2D eigenvalue weighted by Crippen LogP contribution is -2.49. The number of aliphatic hydroxyl groups is 1. The van der Waals surface area contributed by atoms with Crippen molar-refractivity contribution in [2.45, 2.75) is 12.7 Å². The molecule has 31 heavy (non-hydrogen) atoms. The van der Waals surface area contributed by atoms with Crippen molar-refractivity contribution in [2.75, 3.05) is 65.6 Å². The third-order valence-corrected chi connectivity index (χ3v) is 5.34. The summed E-state index contributed by atoms with van der Waals surface area (Å²) < 4.78 is 34.9. The molecule has 1 unspecified atom stereocenters. The minimum absolute atomic E-state index is 0.225. The van der Waals surface area contributed by atoms with Crippen molar-refractivity contribution in [3.05, 3.63) is 47.8 Å². The Morgan fingerprint density at radius 2 is 1.55 bits per heavy atom. The molecule has 0 radical (unpaired) electrons. The molecule has 1 fully saturated rings. The number of nitrogens with zero attached hydrogens (tertiary/aromatic N) is 2. The van der Waals surface area contributed by atoms with E-state index in [0.717, 1.165) is 37.4 Å². The summed E-state index contributed by atoms with van der Waals surface area (Å²) in [5.41, 5.74) is 1.89. The zero-order valence-electron chi connectivity index (χ0n) is 18.3. The molecule has 8 heteroatoms. The van der Waals surface area contributed by atoms with Crippen molar-refractivity contribution >= 4 is 5.69 Å². The minimum Gasteiger partial charge on any atom is -0.493 e. The number of piperazine rings is 1. The van der Waals surface area contributed by atoms with E-state index in [1.54, 1.807) is 33.5 Å². The number of anilines is 1. The van der Waals surface area contributed by atoms with Crippen LogP contribution in [0.25, 0.3) is 0 Å². The smallest absolute Gasteiger partial charge is 0.203 e. The van der Waals surface area contributed by atoms with E-state index >= 15 is 0 Å². The summed E-state index contributed by atoms with van der Waals surface area (Å²) in [6.45, 7) is 4.45. The van der Waals surface area contributed by atoms with Crippen LogP contribution in [-0.4, -0.2) is 76.8 Å². The summed E-state index contributed by atoms with van der Waals surface area (Å²) in [5, 5.41) is 10.4. The predicted molar refractivity (Wildman–Crippen MR) is 117 cm³/mol. The van der Waals surface area contributed by atoms with Crippen LogP contribution in [0.5, 0.6) is 17.2 Å². The third kappa shape index (κ3) is 6.22. The maximum atomic E-state index is 13.1. The Balaban J connectivity index is 1.43. The summed E-state index contributed by atoms with van der Waals surface area (Å²) >= 11 is 0. The second kappa shape index (κ2) is 11.2. The van der Waals surface area contributed by atoms with Gasteiger partial charge in [0.05, 0.1) is 40.6 Å². The average Bonchev–Trinajstić information content (AvgIpc) is 2.79. The molecule has 2 aromatic carbocycles. The summed E-state index contributed by atoms with van der Waals surface area (Å²) in [6.07, 6.45) is -0.584. The van der Waals surface area contributed by atoms with Gasteiger partial charge in [0.1, 0.15) is 5.82 Å². The standard InChI is InChI=1S/C23H31FN2O5/c1-28-21-12-17(13-22(29-2)23(21)30-3)15-31-16-20(27)14-25-8-10-26(11-9-25)19-6-4-18(24)5-7-19/h4-7,12-13,20,27H,8-11,14-16H2,1-3H3.